The molecule has 1 aliphatic rings. The lowest BCUT2D eigenvalue weighted by atomic mass is 9.83. The zero-order valence-corrected chi connectivity index (χ0v) is 17.6. The average Bonchev–Trinajstić information content (AvgIpc) is 2.69. The maximum atomic E-state index is 12.7. The average molecular weight is 382 g/mol. The largest absolute Gasteiger partial charge is 0.487 e. The van der Waals surface area contributed by atoms with E-state index in [1.807, 2.05) is 44.2 Å². The molecule has 0 aromatic heterocycles. The van der Waals surface area contributed by atoms with Gasteiger partial charge in [0.15, 0.2) is 6.61 Å². The summed E-state index contributed by atoms with van der Waals surface area (Å²) >= 11 is 0. The number of aryl methyl sites for hydroxylation is 2. The number of amides is 1. The van der Waals surface area contributed by atoms with Gasteiger partial charge in [-0.15, -0.1) is 0 Å². The van der Waals surface area contributed by atoms with E-state index in [4.69, 9.17) is 9.47 Å². The monoisotopic (exact) mass is 381 g/mol. The lowest BCUT2D eigenvalue weighted by Gasteiger charge is -2.41. The molecule has 0 saturated carbocycles. The van der Waals surface area contributed by atoms with Crippen molar-refractivity contribution in [2.45, 2.75) is 65.5 Å². The van der Waals surface area contributed by atoms with Crippen LogP contribution in [0.2, 0.25) is 0 Å². The highest BCUT2D eigenvalue weighted by Gasteiger charge is 2.38. The van der Waals surface area contributed by atoms with Gasteiger partial charge in [0, 0.05) is 12.0 Å². The number of hydrogen-bond acceptors (Lipinski definition) is 3. The maximum absolute atomic E-state index is 12.7. The molecule has 2 aromatic carbocycles. The van der Waals surface area contributed by atoms with Crippen molar-refractivity contribution in [2.75, 3.05) is 6.61 Å². The van der Waals surface area contributed by atoms with Gasteiger partial charge in [0.2, 0.25) is 0 Å². The molecule has 4 heteroatoms. The van der Waals surface area contributed by atoms with E-state index in [9.17, 15) is 4.79 Å². The lowest BCUT2D eigenvalue weighted by Crippen LogP contribution is -2.45. The van der Waals surface area contributed by atoms with Crippen molar-refractivity contribution in [2.24, 2.45) is 0 Å². The number of carbonyl (C=O) groups is 1. The topological polar surface area (TPSA) is 47.6 Å². The fourth-order valence-electron chi connectivity index (χ4n) is 3.96. The molecular formula is C24H31NO3. The predicted octanol–water partition coefficient (Wildman–Crippen LogP) is 5.19. The van der Waals surface area contributed by atoms with Crippen LogP contribution in [0.25, 0.3) is 0 Å². The van der Waals surface area contributed by atoms with Gasteiger partial charge < -0.3 is 14.8 Å². The molecule has 2 aromatic rings. The Hall–Kier alpha value is -2.49. The van der Waals surface area contributed by atoms with E-state index < -0.39 is 0 Å². The van der Waals surface area contributed by atoms with E-state index in [0.29, 0.717) is 0 Å². The van der Waals surface area contributed by atoms with Gasteiger partial charge in [-0.05, 0) is 62.4 Å². The molecule has 1 amide bonds. The van der Waals surface area contributed by atoms with Crippen LogP contribution in [0.5, 0.6) is 11.5 Å². The van der Waals surface area contributed by atoms with Crippen molar-refractivity contribution >= 4 is 5.91 Å². The number of benzene rings is 2. The molecule has 0 aliphatic carbocycles. The van der Waals surface area contributed by atoms with Gasteiger partial charge in [-0.3, -0.25) is 4.79 Å². The van der Waals surface area contributed by atoms with Crippen molar-refractivity contribution in [1.29, 1.82) is 0 Å². The second-order valence-electron chi connectivity index (χ2n) is 7.85. The summed E-state index contributed by atoms with van der Waals surface area (Å²) in [5.74, 6) is 1.53. The van der Waals surface area contributed by atoms with Crippen LogP contribution < -0.4 is 14.8 Å². The van der Waals surface area contributed by atoms with E-state index in [0.717, 1.165) is 47.5 Å². The van der Waals surface area contributed by atoms with Crippen molar-refractivity contribution in [3.63, 3.8) is 0 Å². The predicted molar refractivity (Wildman–Crippen MR) is 112 cm³/mol. The van der Waals surface area contributed by atoms with Crippen LogP contribution in [0.4, 0.5) is 0 Å². The third-order valence-corrected chi connectivity index (χ3v) is 5.94. The molecule has 4 nitrogen and oxygen atoms in total. The number of fused-ring (bicyclic) bond motifs is 1. The van der Waals surface area contributed by atoms with Gasteiger partial charge in [0.25, 0.3) is 5.91 Å². The molecule has 1 atom stereocenters. The van der Waals surface area contributed by atoms with Crippen LogP contribution in [0.15, 0.2) is 36.4 Å². The number of para-hydroxylation sites is 1. The van der Waals surface area contributed by atoms with Crippen LogP contribution in [-0.2, 0) is 4.79 Å². The Morgan fingerprint density at radius 1 is 1.18 bits per heavy atom. The summed E-state index contributed by atoms with van der Waals surface area (Å²) in [4.78, 5) is 12.7. The first-order valence-electron chi connectivity index (χ1n) is 10.2. The van der Waals surface area contributed by atoms with E-state index >= 15 is 0 Å². The highest BCUT2D eigenvalue weighted by atomic mass is 16.5. The number of rotatable bonds is 6. The van der Waals surface area contributed by atoms with E-state index in [2.05, 4.69) is 32.2 Å². The molecule has 0 radical (unpaired) electrons. The third kappa shape index (κ3) is 4.16. The molecule has 0 spiro atoms. The molecule has 28 heavy (non-hydrogen) atoms. The second-order valence-corrected chi connectivity index (χ2v) is 7.85. The molecule has 1 N–H and O–H groups in total. The normalized spacial score (nSPS) is 17.4. The molecule has 1 aliphatic heterocycles. The minimum Gasteiger partial charge on any atom is -0.487 e. The van der Waals surface area contributed by atoms with E-state index in [1.165, 1.54) is 5.56 Å². The Bertz CT molecular complexity index is 855. The van der Waals surface area contributed by atoms with Gasteiger partial charge in [-0.1, -0.05) is 38.1 Å². The minimum atomic E-state index is -0.239. The SMILES string of the molecule is CCC1(CC)CC(NC(=O)COc2cc(C)cc(C)c2C)c2ccccc2O1. The smallest absolute Gasteiger partial charge is 0.258 e. The molecule has 0 saturated heterocycles. The highest BCUT2D eigenvalue weighted by Crippen LogP contribution is 2.42. The van der Waals surface area contributed by atoms with Gasteiger partial charge in [0.1, 0.15) is 17.1 Å². The Labute approximate surface area is 168 Å². The second kappa shape index (κ2) is 8.26. The first kappa shape index (κ1) is 20.2. The van der Waals surface area contributed by atoms with Crippen molar-refractivity contribution in [3.05, 3.63) is 58.7 Å². The van der Waals surface area contributed by atoms with Crippen molar-refractivity contribution in [3.8, 4) is 11.5 Å². The summed E-state index contributed by atoms with van der Waals surface area (Å²) in [5, 5.41) is 3.17. The molecule has 1 unspecified atom stereocenters. The van der Waals surface area contributed by atoms with Crippen LogP contribution in [0.1, 0.15) is 61.4 Å². The van der Waals surface area contributed by atoms with Gasteiger partial charge in [-0.2, -0.15) is 0 Å². The maximum Gasteiger partial charge on any atom is 0.258 e. The number of nitrogens with one attached hydrogen (secondary N) is 1. The summed E-state index contributed by atoms with van der Waals surface area (Å²) in [6.07, 6.45) is 2.58. The van der Waals surface area contributed by atoms with Crippen LogP contribution in [-0.4, -0.2) is 18.1 Å². The summed E-state index contributed by atoms with van der Waals surface area (Å²) < 4.78 is 12.2. The summed E-state index contributed by atoms with van der Waals surface area (Å²) in [6.45, 7) is 10.4. The van der Waals surface area contributed by atoms with Crippen LogP contribution in [0.3, 0.4) is 0 Å². The summed E-state index contributed by atoms with van der Waals surface area (Å²) in [6, 6.07) is 12.0. The Balaban J connectivity index is 1.73. The zero-order valence-electron chi connectivity index (χ0n) is 17.6. The molecule has 1 heterocycles. The van der Waals surface area contributed by atoms with E-state index in [-0.39, 0.29) is 24.2 Å². The first-order chi connectivity index (χ1) is 13.4. The zero-order chi connectivity index (χ0) is 20.3. The molecule has 150 valence electrons. The first-order valence-corrected chi connectivity index (χ1v) is 10.2. The third-order valence-electron chi connectivity index (χ3n) is 5.94. The van der Waals surface area contributed by atoms with Crippen molar-refractivity contribution in [1.82, 2.24) is 5.32 Å². The summed E-state index contributed by atoms with van der Waals surface area (Å²) in [5.41, 5.74) is 4.18. The Morgan fingerprint density at radius 3 is 2.61 bits per heavy atom. The lowest BCUT2D eigenvalue weighted by molar-refractivity contribution is -0.124. The standard InChI is InChI=1S/C24H31NO3/c1-6-24(7-2)14-20(19-10-8-9-11-21(19)28-24)25-23(26)15-27-22-13-16(3)12-17(4)18(22)5/h8-13,20H,6-7,14-15H2,1-5H3,(H,25,26). The quantitative estimate of drug-likeness (QED) is 0.749. The highest BCUT2D eigenvalue weighted by molar-refractivity contribution is 5.78. The van der Waals surface area contributed by atoms with Gasteiger partial charge in [-0.25, -0.2) is 0 Å². The summed E-state index contributed by atoms with van der Waals surface area (Å²) in [7, 11) is 0. The minimum absolute atomic E-state index is 0.00844. The number of carbonyl (C=O) groups excluding carboxylic acids is 1. The molecule has 0 fully saturated rings. The van der Waals surface area contributed by atoms with Crippen molar-refractivity contribution < 1.29 is 14.3 Å². The van der Waals surface area contributed by atoms with Crippen LogP contribution >= 0.6 is 0 Å². The number of ether oxygens (including phenoxy) is 2. The fraction of sp³-hybridized carbons (Fsp3) is 0.458. The van der Waals surface area contributed by atoms with Gasteiger partial charge in [0.05, 0.1) is 6.04 Å². The number of hydrogen-bond donors (Lipinski definition) is 1. The van der Waals surface area contributed by atoms with Gasteiger partial charge >= 0.3 is 0 Å². The fourth-order valence-corrected chi connectivity index (χ4v) is 3.96. The van der Waals surface area contributed by atoms with E-state index in [1.54, 1.807) is 0 Å². The molecule has 0 bridgehead atoms. The molecule has 3 rings (SSSR count). The Kier molecular flexibility index (Phi) is 5.97. The van der Waals surface area contributed by atoms with Crippen LogP contribution in [0, 0.1) is 20.8 Å². The Morgan fingerprint density at radius 2 is 1.89 bits per heavy atom. The molecular weight excluding hydrogens is 350 g/mol.